The number of carbonyl (C=O) groups is 1. The van der Waals surface area contributed by atoms with E-state index in [-0.39, 0.29) is 5.69 Å². The Hall–Kier alpha value is -1.10. The first-order valence-corrected chi connectivity index (χ1v) is 6.87. The van der Waals surface area contributed by atoms with E-state index in [2.05, 4.69) is 10.3 Å². The molecule has 5 heteroatoms. The number of thiazole rings is 1. The Labute approximate surface area is 104 Å². The number of hydrogen-bond acceptors (Lipinski definition) is 4. The molecule has 2 fully saturated rings. The van der Waals surface area contributed by atoms with Gasteiger partial charge in [0.2, 0.25) is 0 Å². The van der Waals surface area contributed by atoms with Gasteiger partial charge < -0.3 is 10.4 Å². The summed E-state index contributed by atoms with van der Waals surface area (Å²) in [6.07, 6.45) is 5.39. The van der Waals surface area contributed by atoms with Crippen LogP contribution in [0, 0.1) is 18.3 Å². The first kappa shape index (κ1) is 11.0. The number of hydrogen-bond donors (Lipinski definition) is 2. The Kier molecular flexibility index (Phi) is 2.40. The highest BCUT2D eigenvalue weighted by molar-refractivity contribution is 7.15. The molecule has 0 atom stereocenters. The van der Waals surface area contributed by atoms with E-state index < -0.39 is 5.97 Å². The molecule has 3 rings (SSSR count). The van der Waals surface area contributed by atoms with Gasteiger partial charge in [-0.15, -0.1) is 11.3 Å². The average Bonchev–Trinajstić information content (AvgIpc) is 3.13. The molecule has 4 nitrogen and oxygen atoms in total. The van der Waals surface area contributed by atoms with Crippen LogP contribution < -0.4 is 5.32 Å². The Morgan fingerprint density at radius 3 is 2.76 bits per heavy atom. The number of nitrogens with zero attached hydrogens (tertiary/aromatic N) is 1. The minimum absolute atomic E-state index is 0.189. The van der Waals surface area contributed by atoms with Crippen LogP contribution >= 0.6 is 11.3 Å². The van der Waals surface area contributed by atoms with Crippen LogP contribution in [0.25, 0.3) is 0 Å². The van der Waals surface area contributed by atoms with Crippen LogP contribution in [0.1, 0.15) is 41.0 Å². The Balaban J connectivity index is 1.65. The first-order valence-electron chi connectivity index (χ1n) is 6.05. The minimum Gasteiger partial charge on any atom is -0.476 e. The van der Waals surface area contributed by atoms with Gasteiger partial charge in [-0.3, -0.25) is 0 Å². The topological polar surface area (TPSA) is 62.2 Å². The molecule has 0 unspecified atom stereocenters. The zero-order chi connectivity index (χ0) is 12.0. The summed E-state index contributed by atoms with van der Waals surface area (Å²) in [5, 5.41) is 13.0. The number of carboxylic acid groups (broad SMARTS) is 1. The second-order valence-electron chi connectivity index (χ2n) is 5.22. The highest BCUT2D eigenvalue weighted by atomic mass is 32.1. The maximum absolute atomic E-state index is 10.9. The van der Waals surface area contributed by atoms with Crippen molar-refractivity contribution in [1.29, 1.82) is 0 Å². The molecule has 0 aliphatic heterocycles. The predicted molar refractivity (Wildman–Crippen MR) is 66.7 cm³/mol. The maximum atomic E-state index is 10.9. The van der Waals surface area contributed by atoms with E-state index >= 15 is 0 Å². The van der Waals surface area contributed by atoms with Crippen LogP contribution in [-0.2, 0) is 0 Å². The lowest BCUT2D eigenvalue weighted by atomic mass is 10.0. The lowest BCUT2D eigenvalue weighted by Gasteiger charge is -2.13. The number of nitrogens with one attached hydrogen (secondary N) is 1. The summed E-state index contributed by atoms with van der Waals surface area (Å²) in [4.78, 5) is 15.8. The van der Waals surface area contributed by atoms with Gasteiger partial charge in [0.25, 0.3) is 0 Å². The quantitative estimate of drug-likeness (QED) is 0.846. The Morgan fingerprint density at radius 1 is 1.59 bits per heavy atom. The summed E-state index contributed by atoms with van der Waals surface area (Å²) >= 11 is 1.44. The monoisotopic (exact) mass is 252 g/mol. The van der Waals surface area contributed by atoms with E-state index in [0.717, 1.165) is 22.5 Å². The molecule has 92 valence electrons. The smallest absolute Gasteiger partial charge is 0.355 e. The molecule has 2 aliphatic carbocycles. The normalized spacial score (nSPS) is 21.2. The van der Waals surface area contributed by atoms with E-state index in [1.165, 1.54) is 37.0 Å². The van der Waals surface area contributed by atoms with Crippen molar-refractivity contribution in [3.8, 4) is 0 Å². The second-order valence-corrected chi connectivity index (χ2v) is 6.42. The molecule has 0 aromatic carbocycles. The average molecular weight is 252 g/mol. The summed E-state index contributed by atoms with van der Waals surface area (Å²) in [5.41, 5.74) is 0.706. The molecule has 0 saturated heterocycles. The Morgan fingerprint density at radius 2 is 2.29 bits per heavy atom. The van der Waals surface area contributed by atoms with Crippen molar-refractivity contribution in [3.05, 3.63) is 10.6 Å². The van der Waals surface area contributed by atoms with Crippen LogP contribution in [0.4, 0.5) is 5.13 Å². The van der Waals surface area contributed by atoms with Crippen LogP contribution in [0.15, 0.2) is 0 Å². The lowest BCUT2D eigenvalue weighted by molar-refractivity contribution is 0.0690. The molecule has 1 aromatic rings. The predicted octanol–water partition coefficient (Wildman–Crippen LogP) is 2.75. The number of rotatable bonds is 5. The molecule has 2 aliphatic rings. The van der Waals surface area contributed by atoms with Crippen LogP contribution in [-0.4, -0.2) is 22.6 Å². The van der Waals surface area contributed by atoms with Gasteiger partial charge in [-0.1, -0.05) is 0 Å². The van der Waals surface area contributed by atoms with Crippen molar-refractivity contribution in [2.75, 3.05) is 11.9 Å². The molecular formula is C12H16N2O2S. The summed E-state index contributed by atoms with van der Waals surface area (Å²) in [7, 11) is 0. The zero-order valence-corrected chi connectivity index (χ0v) is 10.6. The van der Waals surface area contributed by atoms with Crippen molar-refractivity contribution in [2.45, 2.75) is 32.6 Å². The molecule has 2 saturated carbocycles. The van der Waals surface area contributed by atoms with Crippen LogP contribution in [0.2, 0.25) is 0 Å². The minimum atomic E-state index is -0.935. The van der Waals surface area contributed by atoms with Crippen molar-refractivity contribution in [3.63, 3.8) is 0 Å². The third-order valence-corrected chi connectivity index (χ3v) is 4.85. The maximum Gasteiger partial charge on any atom is 0.355 e. The number of aryl methyl sites for hydroxylation is 1. The van der Waals surface area contributed by atoms with Crippen LogP contribution in [0.3, 0.4) is 0 Å². The van der Waals surface area contributed by atoms with Crippen molar-refractivity contribution < 1.29 is 9.90 Å². The fourth-order valence-electron chi connectivity index (χ4n) is 2.51. The number of aromatic carboxylic acids is 1. The van der Waals surface area contributed by atoms with E-state index in [4.69, 9.17) is 5.11 Å². The largest absolute Gasteiger partial charge is 0.476 e. The van der Waals surface area contributed by atoms with Crippen molar-refractivity contribution in [1.82, 2.24) is 4.98 Å². The molecule has 17 heavy (non-hydrogen) atoms. The molecular weight excluding hydrogens is 236 g/mol. The zero-order valence-electron chi connectivity index (χ0n) is 9.82. The lowest BCUT2D eigenvalue weighted by Crippen LogP contribution is -2.17. The van der Waals surface area contributed by atoms with Gasteiger partial charge in [0.05, 0.1) is 0 Å². The molecule has 0 amide bonds. The molecule has 0 bridgehead atoms. The van der Waals surface area contributed by atoms with Gasteiger partial charge in [-0.05, 0) is 43.9 Å². The van der Waals surface area contributed by atoms with Crippen molar-refractivity contribution in [2.24, 2.45) is 11.3 Å². The van der Waals surface area contributed by atoms with Gasteiger partial charge in [0, 0.05) is 11.4 Å². The Bertz CT molecular complexity index is 461. The number of aromatic nitrogens is 1. The fraction of sp³-hybridized carbons (Fsp3) is 0.667. The van der Waals surface area contributed by atoms with E-state index in [1.54, 1.807) is 6.92 Å². The van der Waals surface area contributed by atoms with E-state index in [0.29, 0.717) is 5.41 Å². The third kappa shape index (κ3) is 2.04. The summed E-state index contributed by atoms with van der Waals surface area (Å²) in [6, 6.07) is 0. The van der Waals surface area contributed by atoms with Gasteiger partial charge in [0.15, 0.2) is 10.8 Å². The molecule has 2 N–H and O–H groups in total. The SMILES string of the molecule is Cc1sc(NCC2(C3CC3)CC2)nc1C(=O)O. The van der Waals surface area contributed by atoms with Gasteiger partial charge in [0.1, 0.15) is 0 Å². The second kappa shape index (κ2) is 3.70. The number of carboxylic acids is 1. The molecule has 0 spiro atoms. The van der Waals surface area contributed by atoms with Gasteiger partial charge >= 0.3 is 5.97 Å². The summed E-state index contributed by atoms with van der Waals surface area (Å²) in [5.74, 6) is -0.0230. The fourth-order valence-corrected chi connectivity index (χ4v) is 3.31. The molecule has 0 radical (unpaired) electrons. The summed E-state index contributed by atoms with van der Waals surface area (Å²) in [6.45, 7) is 2.77. The highest BCUT2D eigenvalue weighted by Gasteiger charge is 2.53. The van der Waals surface area contributed by atoms with Crippen molar-refractivity contribution >= 4 is 22.4 Å². The van der Waals surface area contributed by atoms with Gasteiger partial charge in [-0.25, -0.2) is 9.78 Å². The number of anilines is 1. The first-order chi connectivity index (χ1) is 8.11. The highest BCUT2D eigenvalue weighted by Crippen LogP contribution is 2.61. The van der Waals surface area contributed by atoms with Gasteiger partial charge in [-0.2, -0.15) is 0 Å². The summed E-state index contributed by atoms with van der Waals surface area (Å²) < 4.78 is 0. The third-order valence-electron chi connectivity index (χ3n) is 3.93. The van der Waals surface area contributed by atoms with E-state index in [9.17, 15) is 4.79 Å². The van der Waals surface area contributed by atoms with Crippen LogP contribution in [0.5, 0.6) is 0 Å². The molecule has 1 heterocycles. The standard InChI is InChI=1S/C12H16N2O2S/c1-7-9(10(15)16)14-11(17-7)13-6-12(4-5-12)8-2-3-8/h8H,2-6H2,1H3,(H,13,14)(H,15,16). The van der Waals surface area contributed by atoms with E-state index in [1.807, 2.05) is 0 Å². The molecule has 1 aromatic heterocycles.